The normalized spacial score (nSPS) is 11.2. The summed E-state index contributed by atoms with van der Waals surface area (Å²) in [4.78, 5) is 4.67. The SMILES string of the molecule is CCn1c(CCNC)nc2cc(Br)ccc21. The summed E-state index contributed by atoms with van der Waals surface area (Å²) in [5, 5.41) is 3.16. The minimum absolute atomic E-state index is 0.963. The Bertz CT molecular complexity index is 490. The first kappa shape index (κ1) is 11.6. The maximum atomic E-state index is 4.67. The number of hydrogen-bond donors (Lipinski definition) is 1. The molecule has 0 aliphatic carbocycles. The molecule has 4 heteroatoms. The monoisotopic (exact) mass is 281 g/mol. The van der Waals surface area contributed by atoms with E-state index in [1.165, 1.54) is 5.52 Å². The van der Waals surface area contributed by atoms with Gasteiger partial charge in [-0.15, -0.1) is 0 Å². The van der Waals surface area contributed by atoms with Crippen LogP contribution in [0.3, 0.4) is 0 Å². The van der Waals surface area contributed by atoms with E-state index < -0.39 is 0 Å². The summed E-state index contributed by atoms with van der Waals surface area (Å²) in [5.74, 6) is 1.16. The van der Waals surface area contributed by atoms with E-state index in [0.717, 1.165) is 35.3 Å². The van der Waals surface area contributed by atoms with Crippen molar-refractivity contribution in [3.05, 3.63) is 28.5 Å². The van der Waals surface area contributed by atoms with Gasteiger partial charge in [-0.2, -0.15) is 0 Å². The van der Waals surface area contributed by atoms with Crippen molar-refractivity contribution in [1.82, 2.24) is 14.9 Å². The first-order chi connectivity index (χ1) is 7.76. The smallest absolute Gasteiger partial charge is 0.111 e. The maximum Gasteiger partial charge on any atom is 0.111 e. The molecule has 0 aliphatic rings. The molecule has 0 aliphatic heterocycles. The van der Waals surface area contributed by atoms with Crippen LogP contribution in [-0.4, -0.2) is 23.1 Å². The van der Waals surface area contributed by atoms with E-state index in [1.54, 1.807) is 0 Å². The van der Waals surface area contributed by atoms with Crippen LogP contribution >= 0.6 is 15.9 Å². The minimum Gasteiger partial charge on any atom is -0.328 e. The Morgan fingerprint density at radius 1 is 1.44 bits per heavy atom. The third-order valence-corrected chi connectivity index (χ3v) is 3.20. The lowest BCUT2D eigenvalue weighted by Gasteiger charge is -2.05. The van der Waals surface area contributed by atoms with Crippen molar-refractivity contribution < 1.29 is 0 Å². The van der Waals surface area contributed by atoms with Crippen LogP contribution in [0.15, 0.2) is 22.7 Å². The highest BCUT2D eigenvalue weighted by Gasteiger charge is 2.08. The number of hydrogen-bond acceptors (Lipinski definition) is 2. The van der Waals surface area contributed by atoms with Crippen LogP contribution in [0.2, 0.25) is 0 Å². The number of benzene rings is 1. The Kier molecular flexibility index (Phi) is 3.61. The topological polar surface area (TPSA) is 29.9 Å². The lowest BCUT2D eigenvalue weighted by atomic mass is 10.3. The second-order valence-electron chi connectivity index (χ2n) is 3.76. The lowest BCUT2D eigenvalue weighted by Crippen LogP contribution is -2.13. The molecule has 0 amide bonds. The third kappa shape index (κ3) is 2.13. The number of likely N-dealkylation sites (N-methyl/N-ethyl adjacent to an activating group) is 1. The number of aryl methyl sites for hydroxylation is 1. The van der Waals surface area contributed by atoms with Crippen molar-refractivity contribution >= 4 is 27.0 Å². The van der Waals surface area contributed by atoms with Crippen LogP contribution in [0.25, 0.3) is 11.0 Å². The molecule has 1 aromatic heterocycles. The molecule has 1 aromatic carbocycles. The molecule has 0 unspecified atom stereocenters. The van der Waals surface area contributed by atoms with Crippen LogP contribution in [0.1, 0.15) is 12.7 Å². The molecule has 16 heavy (non-hydrogen) atoms. The van der Waals surface area contributed by atoms with Gasteiger partial charge in [-0.25, -0.2) is 4.98 Å². The molecule has 0 fully saturated rings. The van der Waals surface area contributed by atoms with Gasteiger partial charge in [-0.1, -0.05) is 15.9 Å². The molecule has 0 atom stereocenters. The van der Waals surface area contributed by atoms with Crippen LogP contribution in [-0.2, 0) is 13.0 Å². The van der Waals surface area contributed by atoms with Gasteiger partial charge in [0.15, 0.2) is 0 Å². The third-order valence-electron chi connectivity index (χ3n) is 2.70. The zero-order valence-electron chi connectivity index (χ0n) is 9.63. The van der Waals surface area contributed by atoms with E-state index in [0.29, 0.717) is 0 Å². The molecular weight excluding hydrogens is 266 g/mol. The van der Waals surface area contributed by atoms with Gasteiger partial charge in [0.1, 0.15) is 5.82 Å². The molecular formula is C12H16BrN3. The fraction of sp³-hybridized carbons (Fsp3) is 0.417. The zero-order valence-corrected chi connectivity index (χ0v) is 11.2. The Morgan fingerprint density at radius 2 is 2.25 bits per heavy atom. The van der Waals surface area contributed by atoms with E-state index in [4.69, 9.17) is 0 Å². The van der Waals surface area contributed by atoms with Gasteiger partial charge in [0.05, 0.1) is 11.0 Å². The molecule has 1 heterocycles. The standard InChI is InChI=1S/C12H16BrN3/c1-3-16-11-5-4-9(13)8-10(11)15-12(16)6-7-14-2/h4-5,8,14H,3,6-7H2,1-2H3. The van der Waals surface area contributed by atoms with Gasteiger partial charge in [0, 0.05) is 24.0 Å². The Balaban J connectivity index is 2.48. The van der Waals surface area contributed by atoms with Gasteiger partial charge < -0.3 is 9.88 Å². The Morgan fingerprint density at radius 3 is 2.94 bits per heavy atom. The second-order valence-corrected chi connectivity index (χ2v) is 4.67. The van der Waals surface area contributed by atoms with E-state index >= 15 is 0 Å². The van der Waals surface area contributed by atoms with E-state index in [-0.39, 0.29) is 0 Å². The maximum absolute atomic E-state index is 4.67. The van der Waals surface area contributed by atoms with E-state index in [2.05, 4.69) is 55.9 Å². The number of nitrogens with zero attached hydrogens (tertiary/aromatic N) is 2. The van der Waals surface area contributed by atoms with Crippen LogP contribution < -0.4 is 5.32 Å². The molecule has 1 N–H and O–H groups in total. The number of fused-ring (bicyclic) bond motifs is 1. The summed E-state index contributed by atoms with van der Waals surface area (Å²) >= 11 is 3.48. The predicted molar refractivity (Wildman–Crippen MR) is 70.7 cm³/mol. The van der Waals surface area contributed by atoms with Crippen molar-refractivity contribution in [2.45, 2.75) is 19.9 Å². The van der Waals surface area contributed by atoms with Crippen LogP contribution in [0.4, 0.5) is 0 Å². The summed E-state index contributed by atoms with van der Waals surface area (Å²) in [6.45, 7) is 4.09. The second kappa shape index (κ2) is 4.97. The summed E-state index contributed by atoms with van der Waals surface area (Å²) in [6.07, 6.45) is 0.969. The predicted octanol–water partition coefficient (Wildman–Crippen LogP) is 2.58. The fourth-order valence-corrected chi connectivity index (χ4v) is 2.28. The average molecular weight is 282 g/mol. The van der Waals surface area contributed by atoms with E-state index in [1.807, 2.05) is 7.05 Å². The van der Waals surface area contributed by atoms with Crippen molar-refractivity contribution in [1.29, 1.82) is 0 Å². The molecule has 0 saturated carbocycles. The fourth-order valence-electron chi connectivity index (χ4n) is 1.93. The number of rotatable bonds is 4. The molecule has 0 spiro atoms. The largest absolute Gasteiger partial charge is 0.328 e. The summed E-state index contributed by atoms with van der Waals surface area (Å²) in [7, 11) is 1.97. The number of nitrogens with one attached hydrogen (secondary N) is 1. The summed E-state index contributed by atoms with van der Waals surface area (Å²) in [5.41, 5.74) is 2.29. The number of halogens is 1. The molecule has 2 rings (SSSR count). The first-order valence-electron chi connectivity index (χ1n) is 5.55. The molecule has 86 valence electrons. The highest BCUT2D eigenvalue weighted by Crippen LogP contribution is 2.21. The highest BCUT2D eigenvalue weighted by molar-refractivity contribution is 9.10. The van der Waals surface area contributed by atoms with Gasteiger partial charge in [-0.05, 0) is 32.2 Å². The van der Waals surface area contributed by atoms with Crippen molar-refractivity contribution in [3.8, 4) is 0 Å². The van der Waals surface area contributed by atoms with Crippen molar-refractivity contribution in [2.24, 2.45) is 0 Å². The van der Waals surface area contributed by atoms with Gasteiger partial charge in [-0.3, -0.25) is 0 Å². The highest BCUT2D eigenvalue weighted by atomic mass is 79.9. The molecule has 0 bridgehead atoms. The van der Waals surface area contributed by atoms with Gasteiger partial charge in [0.2, 0.25) is 0 Å². The van der Waals surface area contributed by atoms with Gasteiger partial charge >= 0.3 is 0 Å². The molecule has 0 saturated heterocycles. The number of aromatic nitrogens is 2. The first-order valence-corrected chi connectivity index (χ1v) is 6.34. The zero-order chi connectivity index (χ0) is 11.5. The quantitative estimate of drug-likeness (QED) is 0.934. The van der Waals surface area contributed by atoms with Crippen molar-refractivity contribution in [2.75, 3.05) is 13.6 Å². The van der Waals surface area contributed by atoms with E-state index in [9.17, 15) is 0 Å². The molecule has 2 aromatic rings. The lowest BCUT2D eigenvalue weighted by molar-refractivity contribution is 0.681. The number of imidazole rings is 1. The molecule has 0 radical (unpaired) electrons. The summed E-state index contributed by atoms with van der Waals surface area (Å²) in [6, 6.07) is 6.27. The Hall–Kier alpha value is -0.870. The van der Waals surface area contributed by atoms with Gasteiger partial charge in [0.25, 0.3) is 0 Å². The van der Waals surface area contributed by atoms with Crippen LogP contribution in [0, 0.1) is 0 Å². The van der Waals surface area contributed by atoms with Crippen molar-refractivity contribution in [3.63, 3.8) is 0 Å². The van der Waals surface area contributed by atoms with Crippen LogP contribution in [0.5, 0.6) is 0 Å². The molecule has 3 nitrogen and oxygen atoms in total. The minimum atomic E-state index is 0.963. The summed E-state index contributed by atoms with van der Waals surface area (Å²) < 4.78 is 3.36. The average Bonchev–Trinajstić information content (AvgIpc) is 2.62. The Labute approximate surface area is 104 Å².